The minimum Gasteiger partial charge on any atom is -0.452 e. The summed E-state index contributed by atoms with van der Waals surface area (Å²) in [6, 6.07) is 18.8. The highest BCUT2D eigenvalue weighted by Gasteiger charge is 2.26. The molecule has 0 aromatic heterocycles. The van der Waals surface area contributed by atoms with Crippen molar-refractivity contribution in [2.75, 3.05) is 38.1 Å². The van der Waals surface area contributed by atoms with Crippen LogP contribution in [0.4, 0.5) is 10.5 Å². The van der Waals surface area contributed by atoms with Crippen molar-refractivity contribution < 1.29 is 19.1 Å². The van der Waals surface area contributed by atoms with E-state index in [1.165, 1.54) is 11.1 Å². The molecule has 1 aliphatic carbocycles. The molecule has 0 saturated carbocycles. The number of carbonyl (C=O) groups excluding carboxylic acids is 3. The van der Waals surface area contributed by atoms with Crippen LogP contribution in [-0.4, -0.2) is 60.5 Å². The smallest absolute Gasteiger partial charge is 0.339 e. The molecule has 0 unspecified atom stereocenters. The van der Waals surface area contributed by atoms with Gasteiger partial charge in [-0.15, -0.1) is 0 Å². The van der Waals surface area contributed by atoms with Gasteiger partial charge in [0.05, 0.1) is 5.56 Å². The van der Waals surface area contributed by atoms with Crippen molar-refractivity contribution in [3.63, 3.8) is 0 Å². The number of aryl methyl sites for hydroxylation is 2. The Kier molecular flexibility index (Phi) is 5.69. The van der Waals surface area contributed by atoms with Crippen LogP contribution in [0.3, 0.4) is 0 Å². The van der Waals surface area contributed by atoms with Crippen LogP contribution in [-0.2, 0) is 22.4 Å². The summed E-state index contributed by atoms with van der Waals surface area (Å²) in [5.41, 5.74) is 3.73. The molecule has 0 atom stereocenters. The van der Waals surface area contributed by atoms with Gasteiger partial charge in [0.15, 0.2) is 6.61 Å². The van der Waals surface area contributed by atoms with Gasteiger partial charge in [0.2, 0.25) is 0 Å². The fraction of sp³-hybridized carbons (Fsp3) is 0.269. The Labute approximate surface area is 191 Å². The third-order valence-electron chi connectivity index (χ3n) is 6.37. The van der Waals surface area contributed by atoms with E-state index in [-0.39, 0.29) is 18.5 Å². The van der Waals surface area contributed by atoms with Crippen LogP contribution < -0.4 is 5.32 Å². The van der Waals surface area contributed by atoms with E-state index in [9.17, 15) is 14.4 Å². The molecule has 0 radical (unpaired) electrons. The summed E-state index contributed by atoms with van der Waals surface area (Å²) in [6.45, 7) is 1.34. The number of piperazine rings is 1. The standard InChI is InChI=1S/C26H25N3O4/c30-23(28-13-15-29(16-14-28)26(32)27-20-6-2-1-3-7-20)17-33-25(31)22-12-11-19-10-9-18-5-4-8-21(22)24(18)19/h1-8,11-12H,9-10,13-17H2,(H,27,32). The largest absolute Gasteiger partial charge is 0.452 e. The van der Waals surface area contributed by atoms with Gasteiger partial charge in [-0.25, -0.2) is 9.59 Å². The predicted molar refractivity (Wildman–Crippen MR) is 125 cm³/mol. The van der Waals surface area contributed by atoms with E-state index in [0.717, 1.165) is 29.3 Å². The molecular weight excluding hydrogens is 418 g/mol. The zero-order valence-electron chi connectivity index (χ0n) is 18.3. The van der Waals surface area contributed by atoms with Gasteiger partial charge in [-0.05, 0) is 52.9 Å². The van der Waals surface area contributed by atoms with E-state index in [1.807, 2.05) is 48.5 Å². The number of urea groups is 1. The first-order valence-electron chi connectivity index (χ1n) is 11.2. The maximum Gasteiger partial charge on any atom is 0.339 e. The summed E-state index contributed by atoms with van der Waals surface area (Å²) >= 11 is 0. The van der Waals surface area contributed by atoms with Crippen molar-refractivity contribution in [2.45, 2.75) is 12.8 Å². The minimum atomic E-state index is -0.486. The van der Waals surface area contributed by atoms with Crippen molar-refractivity contribution in [1.29, 1.82) is 0 Å². The number of anilines is 1. The monoisotopic (exact) mass is 443 g/mol. The first kappa shape index (κ1) is 21.0. The van der Waals surface area contributed by atoms with Crippen molar-refractivity contribution in [3.8, 4) is 0 Å². The summed E-state index contributed by atoms with van der Waals surface area (Å²) < 4.78 is 5.38. The lowest BCUT2D eigenvalue weighted by Gasteiger charge is -2.34. The number of rotatable bonds is 4. The van der Waals surface area contributed by atoms with Crippen molar-refractivity contribution >= 4 is 34.4 Å². The van der Waals surface area contributed by atoms with E-state index in [4.69, 9.17) is 4.74 Å². The summed E-state index contributed by atoms with van der Waals surface area (Å²) in [7, 11) is 0. The first-order valence-corrected chi connectivity index (χ1v) is 11.2. The maximum absolute atomic E-state index is 12.7. The van der Waals surface area contributed by atoms with Crippen molar-refractivity contribution in [1.82, 2.24) is 9.80 Å². The number of nitrogens with one attached hydrogen (secondary N) is 1. The molecular formula is C26H25N3O4. The van der Waals surface area contributed by atoms with Crippen LogP contribution >= 0.6 is 0 Å². The van der Waals surface area contributed by atoms with Gasteiger partial charge >= 0.3 is 12.0 Å². The van der Waals surface area contributed by atoms with Gasteiger partial charge in [-0.1, -0.05) is 42.5 Å². The third-order valence-corrected chi connectivity index (χ3v) is 6.37. The molecule has 5 rings (SSSR count). The Morgan fingerprint density at radius 2 is 1.48 bits per heavy atom. The number of benzene rings is 3. The summed E-state index contributed by atoms with van der Waals surface area (Å²) in [5.74, 6) is -0.739. The Bertz CT molecular complexity index is 1210. The van der Waals surface area contributed by atoms with Gasteiger partial charge in [0, 0.05) is 31.9 Å². The highest BCUT2D eigenvalue weighted by Crippen LogP contribution is 2.33. The van der Waals surface area contributed by atoms with E-state index in [0.29, 0.717) is 31.7 Å². The zero-order chi connectivity index (χ0) is 22.8. The Hall–Kier alpha value is -3.87. The van der Waals surface area contributed by atoms with Crippen LogP contribution in [0.25, 0.3) is 10.8 Å². The van der Waals surface area contributed by atoms with Crippen LogP contribution in [0.5, 0.6) is 0 Å². The van der Waals surface area contributed by atoms with Gasteiger partial charge in [0.25, 0.3) is 5.91 Å². The summed E-state index contributed by atoms with van der Waals surface area (Å²) in [5, 5.41) is 4.88. The molecule has 33 heavy (non-hydrogen) atoms. The number of hydrogen-bond donors (Lipinski definition) is 1. The molecule has 1 heterocycles. The fourth-order valence-electron chi connectivity index (χ4n) is 4.60. The maximum atomic E-state index is 12.7. The quantitative estimate of drug-likeness (QED) is 0.627. The molecule has 3 aromatic carbocycles. The third kappa shape index (κ3) is 4.26. The Balaban J connectivity index is 1.15. The van der Waals surface area contributed by atoms with Crippen molar-refractivity contribution in [2.24, 2.45) is 0 Å². The fourth-order valence-corrected chi connectivity index (χ4v) is 4.60. The number of ether oxygens (including phenoxy) is 1. The Morgan fingerprint density at radius 3 is 2.24 bits per heavy atom. The number of esters is 1. The van der Waals surface area contributed by atoms with E-state index >= 15 is 0 Å². The number of carbonyl (C=O) groups is 3. The second-order valence-corrected chi connectivity index (χ2v) is 8.35. The molecule has 1 saturated heterocycles. The number of para-hydroxylation sites is 1. The molecule has 1 fully saturated rings. The number of hydrogen-bond acceptors (Lipinski definition) is 4. The van der Waals surface area contributed by atoms with Crippen LogP contribution in [0.2, 0.25) is 0 Å². The average Bonchev–Trinajstić information content (AvgIpc) is 3.28. The van der Waals surface area contributed by atoms with Gasteiger partial charge < -0.3 is 19.9 Å². The van der Waals surface area contributed by atoms with Gasteiger partial charge in [-0.2, -0.15) is 0 Å². The van der Waals surface area contributed by atoms with Gasteiger partial charge in [-0.3, -0.25) is 4.79 Å². The second kappa shape index (κ2) is 8.94. The molecule has 0 spiro atoms. The molecule has 1 N–H and O–H groups in total. The SMILES string of the molecule is O=C(OCC(=O)N1CCN(C(=O)Nc2ccccc2)CC1)c1ccc2c3c(cccc13)CC2. The molecule has 0 bridgehead atoms. The highest BCUT2D eigenvalue weighted by molar-refractivity contribution is 6.07. The predicted octanol–water partition coefficient (Wildman–Crippen LogP) is 3.47. The van der Waals surface area contributed by atoms with Gasteiger partial charge in [0.1, 0.15) is 0 Å². The Morgan fingerprint density at radius 1 is 0.788 bits per heavy atom. The molecule has 3 amide bonds. The lowest BCUT2D eigenvalue weighted by atomic mass is 10.00. The number of amides is 3. The topological polar surface area (TPSA) is 79.0 Å². The molecule has 3 aromatic rings. The molecule has 7 heteroatoms. The van der Waals surface area contributed by atoms with E-state index < -0.39 is 5.97 Å². The minimum absolute atomic E-state index is 0.188. The van der Waals surface area contributed by atoms with Crippen LogP contribution in [0.15, 0.2) is 60.7 Å². The first-order chi connectivity index (χ1) is 16.1. The van der Waals surface area contributed by atoms with Crippen molar-refractivity contribution in [3.05, 3.63) is 77.4 Å². The second-order valence-electron chi connectivity index (χ2n) is 8.35. The average molecular weight is 444 g/mol. The summed E-state index contributed by atoms with van der Waals surface area (Å²) in [4.78, 5) is 41.1. The molecule has 1 aliphatic heterocycles. The normalized spacial score (nSPS) is 14.9. The number of nitrogens with zero attached hydrogens (tertiary/aromatic N) is 2. The highest BCUT2D eigenvalue weighted by atomic mass is 16.5. The van der Waals surface area contributed by atoms with E-state index in [2.05, 4.69) is 11.4 Å². The molecule has 2 aliphatic rings. The van der Waals surface area contributed by atoms with Crippen LogP contribution in [0, 0.1) is 0 Å². The molecule has 7 nitrogen and oxygen atoms in total. The zero-order valence-corrected chi connectivity index (χ0v) is 18.3. The summed E-state index contributed by atoms with van der Waals surface area (Å²) in [6.07, 6.45) is 1.97. The lowest BCUT2D eigenvalue weighted by molar-refractivity contribution is -0.135. The van der Waals surface area contributed by atoms with E-state index in [1.54, 1.807) is 15.9 Å². The lowest BCUT2D eigenvalue weighted by Crippen LogP contribution is -2.52. The van der Waals surface area contributed by atoms with Crippen LogP contribution in [0.1, 0.15) is 21.5 Å². The molecule has 168 valence electrons.